The Morgan fingerprint density at radius 2 is 1.93 bits per heavy atom. The molecule has 0 aliphatic carbocycles. The number of nitrogens with one attached hydrogen (secondary N) is 1. The fourth-order valence-corrected chi connectivity index (χ4v) is 2.77. The van der Waals surface area contributed by atoms with E-state index in [2.05, 4.69) is 26.1 Å². The first-order chi connectivity index (χ1) is 12.6. The molecular weight excluding hydrogens is 340 g/mol. The molecule has 1 aromatic heterocycles. The summed E-state index contributed by atoms with van der Waals surface area (Å²) < 4.78 is 1.75. The highest BCUT2D eigenvalue weighted by molar-refractivity contribution is 5.94. The van der Waals surface area contributed by atoms with Gasteiger partial charge in [0.15, 0.2) is 0 Å². The quantitative estimate of drug-likeness (QED) is 0.843. The van der Waals surface area contributed by atoms with Gasteiger partial charge >= 0.3 is 0 Å². The van der Waals surface area contributed by atoms with Crippen LogP contribution < -0.4 is 5.32 Å². The summed E-state index contributed by atoms with van der Waals surface area (Å²) in [5.41, 5.74) is 2.74. The van der Waals surface area contributed by atoms with Gasteiger partial charge in [-0.25, -0.2) is 4.68 Å². The molecule has 0 spiro atoms. The van der Waals surface area contributed by atoms with Crippen molar-refractivity contribution in [2.24, 2.45) is 0 Å². The highest BCUT2D eigenvalue weighted by atomic mass is 16.2. The molecule has 0 bridgehead atoms. The Labute approximate surface area is 161 Å². The summed E-state index contributed by atoms with van der Waals surface area (Å²) in [6.45, 7) is 12.3. The van der Waals surface area contributed by atoms with E-state index in [-0.39, 0.29) is 23.8 Å². The monoisotopic (exact) mass is 370 g/mol. The predicted octanol–water partition coefficient (Wildman–Crippen LogP) is 3.68. The molecule has 6 nitrogen and oxygen atoms in total. The molecule has 0 radical (unpaired) electrons. The summed E-state index contributed by atoms with van der Waals surface area (Å²) in [5, 5.41) is 7.65. The van der Waals surface area contributed by atoms with Crippen LogP contribution in [0.1, 0.15) is 52.3 Å². The molecule has 1 heterocycles. The molecule has 0 aliphatic rings. The highest BCUT2D eigenvalue weighted by Crippen LogP contribution is 2.26. The third-order valence-corrected chi connectivity index (χ3v) is 4.26. The summed E-state index contributed by atoms with van der Waals surface area (Å²) in [7, 11) is 0. The number of rotatable bonds is 6. The SMILES string of the molecule is CCCN(CC(=O)Nc1cc(C(C)(C)C)nn1-c1cccc(C)c1)C(C)=O. The first-order valence-electron chi connectivity index (χ1n) is 9.34. The van der Waals surface area contributed by atoms with Crippen LogP contribution in [-0.2, 0) is 15.0 Å². The second-order valence-electron chi connectivity index (χ2n) is 7.90. The molecule has 0 fully saturated rings. The molecule has 0 unspecified atom stereocenters. The van der Waals surface area contributed by atoms with E-state index in [1.54, 1.807) is 9.58 Å². The van der Waals surface area contributed by atoms with E-state index in [0.717, 1.165) is 23.4 Å². The van der Waals surface area contributed by atoms with E-state index in [0.29, 0.717) is 12.4 Å². The van der Waals surface area contributed by atoms with Crippen molar-refractivity contribution < 1.29 is 9.59 Å². The molecule has 0 atom stereocenters. The topological polar surface area (TPSA) is 67.2 Å². The van der Waals surface area contributed by atoms with Gasteiger partial charge in [0.05, 0.1) is 17.9 Å². The Morgan fingerprint density at radius 3 is 2.48 bits per heavy atom. The first-order valence-corrected chi connectivity index (χ1v) is 9.34. The van der Waals surface area contributed by atoms with E-state index in [1.807, 2.05) is 44.2 Å². The normalized spacial score (nSPS) is 11.3. The van der Waals surface area contributed by atoms with E-state index in [9.17, 15) is 9.59 Å². The number of aromatic nitrogens is 2. The summed E-state index contributed by atoms with van der Waals surface area (Å²) in [5.74, 6) is 0.276. The molecule has 6 heteroatoms. The lowest BCUT2D eigenvalue weighted by atomic mass is 9.92. The van der Waals surface area contributed by atoms with Crippen molar-refractivity contribution in [3.05, 3.63) is 41.6 Å². The molecule has 2 amide bonds. The molecule has 146 valence electrons. The molecule has 2 aromatic rings. The standard InChI is InChI=1S/C21H30N4O2/c1-7-11-24(16(3)26)14-20(27)22-19-13-18(21(4,5)6)23-25(19)17-10-8-9-15(2)12-17/h8-10,12-13H,7,11,14H2,1-6H3,(H,22,27). The summed E-state index contributed by atoms with van der Waals surface area (Å²) in [6.07, 6.45) is 0.808. The van der Waals surface area contributed by atoms with Crippen LogP contribution in [0.3, 0.4) is 0 Å². The summed E-state index contributed by atoms with van der Waals surface area (Å²) in [4.78, 5) is 25.8. The fourth-order valence-electron chi connectivity index (χ4n) is 2.77. The van der Waals surface area contributed by atoms with E-state index in [4.69, 9.17) is 5.10 Å². The molecule has 27 heavy (non-hydrogen) atoms. The smallest absolute Gasteiger partial charge is 0.245 e. The minimum absolute atomic E-state index is 0.0347. The van der Waals surface area contributed by atoms with Gasteiger partial charge in [-0.2, -0.15) is 5.10 Å². The van der Waals surface area contributed by atoms with Gasteiger partial charge in [0, 0.05) is 24.9 Å². The number of hydrogen-bond acceptors (Lipinski definition) is 3. The second-order valence-corrected chi connectivity index (χ2v) is 7.90. The average Bonchev–Trinajstić information content (AvgIpc) is 2.98. The van der Waals surface area contributed by atoms with E-state index in [1.165, 1.54) is 6.92 Å². The van der Waals surface area contributed by atoms with Crippen molar-refractivity contribution in [1.82, 2.24) is 14.7 Å². The zero-order valence-electron chi connectivity index (χ0n) is 17.2. The van der Waals surface area contributed by atoms with Crippen LogP contribution in [0.4, 0.5) is 5.82 Å². The maximum absolute atomic E-state index is 12.6. The van der Waals surface area contributed by atoms with Crippen molar-refractivity contribution >= 4 is 17.6 Å². The second kappa shape index (κ2) is 8.37. The third-order valence-electron chi connectivity index (χ3n) is 4.26. The number of nitrogens with zero attached hydrogens (tertiary/aromatic N) is 3. The molecule has 1 N–H and O–H groups in total. The van der Waals surface area contributed by atoms with Gasteiger partial charge in [-0.3, -0.25) is 9.59 Å². The average molecular weight is 370 g/mol. The molecule has 1 aromatic carbocycles. The molecule has 0 saturated heterocycles. The number of aryl methyl sites for hydroxylation is 1. The Balaban J connectivity index is 2.33. The zero-order valence-corrected chi connectivity index (χ0v) is 17.2. The summed E-state index contributed by atoms with van der Waals surface area (Å²) in [6, 6.07) is 9.87. The molecule has 0 saturated carbocycles. The van der Waals surface area contributed by atoms with E-state index < -0.39 is 0 Å². The van der Waals surface area contributed by atoms with Gasteiger partial charge in [-0.15, -0.1) is 0 Å². The fraction of sp³-hybridized carbons (Fsp3) is 0.476. The number of hydrogen-bond donors (Lipinski definition) is 1. The Morgan fingerprint density at radius 1 is 1.22 bits per heavy atom. The predicted molar refractivity (Wildman–Crippen MR) is 108 cm³/mol. The molecular formula is C21H30N4O2. The van der Waals surface area contributed by atoms with Crippen molar-refractivity contribution in [2.45, 2.75) is 53.4 Å². The lowest BCUT2D eigenvalue weighted by molar-refractivity contribution is -0.132. The minimum atomic E-state index is -0.229. The maximum Gasteiger partial charge on any atom is 0.245 e. The van der Waals surface area contributed by atoms with Crippen LogP contribution in [0, 0.1) is 6.92 Å². The Hall–Kier alpha value is -2.63. The van der Waals surface area contributed by atoms with Crippen molar-refractivity contribution in [3.63, 3.8) is 0 Å². The lowest BCUT2D eigenvalue weighted by Crippen LogP contribution is -2.37. The van der Waals surface area contributed by atoms with Gasteiger partial charge in [0.1, 0.15) is 5.82 Å². The van der Waals surface area contributed by atoms with Crippen LogP contribution in [0.2, 0.25) is 0 Å². The van der Waals surface area contributed by atoms with Gasteiger partial charge in [0.25, 0.3) is 0 Å². The first kappa shape index (κ1) is 20.7. The van der Waals surface area contributed by atoms with Crippen molar-refractivity contribution in [1.29, 1.82) is 0 Å². The van der Waals surface area contributed by atoms with Gasteiger partial charge in [-0.1, -0.05) is 39.8 Å². The highest BCUT2D eigenvalue weighted by Gasteiger charge is 2.22. The Kier molecular flexibility index (Phi) is 6.41. The largest absolute Gasteiger partial charge is 0.334 e. The lowest BCUT2D eigenvalue weighted by Gasteiger charge is -2.19. The number of carbonyl (C=O) groups is 2. The van der Waals surface area contributed by atoms with Crippen LogP contribution in [0.25, 0.3) is 5.69 Å². The van der Waals surface area contributed by atoms with Crippen LogP contribution in [0.15, 0.2) is 30.3 Å². The van der Waals surface area contributed by atoms with Gasteiger partial charge < -0.3 is 10.2 Å². The third kappa shape index (κ3) is 5.42. The maximum atomic E-state index is 12.6. The molecule has 2 rings (SSSR count). The van der Waals surface area contributed by atoms with Crippen LogP contribution >= 0.6 is 0 Å². The zero-order chi connectivity index (χ0) is 20.2. The van der Waals surface area contributed by atoms with Crippen molar-refractivity contribution in [3.8, 4) is 5.69 Å². The number of amides is 2. The minimum Gasteiger partial charge on any atom is -0.334 e. The van der Waals surface area contributed by atoms with E-state index >= 15 is 0 Å². The summed E-state index contributed by atoms with van der Waals surface area (Å²) >= 11 is 0. The number of anilines is 1. The van der Waals surface area contributed by atoms with Crippen LogP contribution in [-0.4, -0.2) is 39.6 Å². The molecule has 0 aliphatic heterocycles. The van der Waals surface area contributed by atoms with Crippen molar-refractivity contribution in [2.75, 3.05) is 18.4 Å². The van der Waals surface area contributed by atoms with Gasteiger partial charge in [-0.05, 0) is 31.0 Å². The van der Waals surface area contributed by atoms with Crippen LogP contribution in [0.5, 0.6) is 0 Å². The van der Waals surface area contributed by atoms with Gasteiger partial charge in [0.2, 0.25) is 11.8 Å². The number of benzene rings is 1. The Bertz CT molecular complexity index is 818. The number of carbonyl (C=O) groups excluding carboxylic acids is 2.